The van der Waals surface area contributed by atoms with Crippen LogP contribution in [0.1, 0.15) is 51.4 Å². The molecule has 0 aliphatic heterocycles. The molecular formula is C23H29N3O6. The maximum absolute atomic E-state index is 12.9. The average molecular weight is 444 g/mol. The van der Waals surface area contributed by atoms with E-state index in [-0.39, 0.29) is 30.4 Å². The van der Waals surface area contributed by atoms with E-state index in [1.54, 1.807) is 22.8 Å². The lowest BCUT2D eigenvalue weighted by Gasteiger charge is -2.18. The SMILES string of the molecule is COC(=O)C(CC(C)C)NC(=O)COC(=O)CCc1nc2ccccc2c(=O)n1C1CC1. The molecule has 0 spiro atoms. The van der Waals surface area contributed by atoms with Crippen LogP contribution in [0, 0.1) is 5.92 Å². The summed E-state index contributed by atoms with van der Waals surface area (Å²) < 4.78 is 11.4. The lowest BCUT2D eigenvalue weighted by atomic mass is 10.0. The summed E-state index contributed by atoms with van der Waals surface area (Å²) in [7, 11) is 1.25. The van der Waals surface area contributed by atoms with E-state index in [0.29, 0.717) is 23.1 Å². The molecule has 1 aromatic heterocycles. The first kappa shape index (κ1) is 23.4. The highest BCUT2D eigenvalue weighted by Crippen LogP contribution is 2.34. The largest absolute Gasteiger partial charge is 0.467 e. The van der Waals surface area contributed by atoms with Crippen molar-refractivity contribution in [2.24, 2.45) is 5.92 Å². The summed E-state index contributed by atoms with van der Waals surface area (Å²) in [5.74, 6) is -0.990. The van der Waals surface area contributed by atoms with Gasteiger partial charge in [0.2, 0.25) is 0 Å². The second kappa shape index (κ2) is 10.4. The minimum atomic E-state index is -0.791. The smallest absolute Gasteiger partial charge is 0.328 e. The number of methoxy groups -OCH3 is 1. The number of esters is 2. The van der Waals surface area contributed by atoms with Crippen LogP contribution in [0.2, 0.25) is 0 Å². The third-order valence-corrected chi connectivity index (χ3v) is 5.24. The van der Waals surface area contributed by atoms with Crippen LogP contribution in [0.3, 0.4) is 0 Å². The van der Waals surface area contributed by atoms with Crippen molar-refractivity contribution in [1.82, 2.24) is 14.9 Å². The van der Waals surface area contributed by atoms with Crippen LogP contribution in [-0.2, 0) is 30.3 Å². The van der Waals surface area contributed by atoms with Gasteiger partial charge in [-0.3, -0.25) is 19.0 Å². The van der Waals surface area contributed by atoms with E-state index in [1.807, 2.05) is 19.9 Å². The molecule has 3 rings (SSSR count). The standard InChI is InChI=1S/C23H29N3O6/c1-14(2)12-18(23(30)31-3)25-20(27)13-32-21(28)11-10-19-24-17-7-5-4-6-16(17)22(29)26(19)15-8-9-15/h4-7,14-15,18H,8-13H2,1-3H3,(H,25,27). The number of aryl methyl sites for hydroxylation is 1. The zero-order chi connectivity index (χ0) is 23.3. The first-order valence-electron chi connectivity index (χ1n) is 10.8. The summed E-state index contributed by atoms with van der Waals surface area (Å²) in [6.45, 7) is 3.35. The molecule has 172 valence electrons. The van der Waals surface area contributed by atoms with Gasteiger partial charge in [-0.1, -0.05) is 26.0 Å². The maximum atomic E-state index is 12.9. The summed E-state index contributed by atoms with van der Waals surface area (Å²) in [6, 6.07) is 6.47. The molecule has 9 heteroatoms. The van der Waals surface area contributed by atoms with Crippen LogP contribution >= 0.6 is 0 Å². The molecule has 1 unspecified atom stereocenters. The van der Waals surface area contributed by atoms with E-state index >= 15 is 0 Å². The van der Waals surface area contributed by atoms with Gasteiger partial charge in [0.1, 0.15) is 11.9 Å². The Morgan fingerprint density at radius 1 is 1.22 bits per heavy atom. The van der Waals surface area contributed by atoms with Crippen molar-refractivity contribution in [2.75, 3.05) is 13.7 Å². The molecule has 0 bridgehead atoms. The van der Waals surface area contributed by atoms with Crippen molar-refractivity contribution >= 4 is 28.7 Å². The molecule has 1 aromatic carbocycles. The first-order chi connectivity index (χ1) is 15.3. The number of nitrogens with one attached hydrogen (secondary N) is 1. The maximum Gasteiger partial charge on any atom is 0.328 e. The van der Waals surface area contributed by atoms with Crippen LogP contribution in [0.15, 0.2) is 29.1 Å². The Bertz CT molecular complexity index is 1060. The van der Waals surface area contributed by atoms with Crippen molar-refractivity contribution in [3.8, 4) is 0 Å². The van der Waals surface area contributed by atoms with Crippen molar-refractivity contribution in [3.05, 3.63) is 40.4 Å². The number of para-hydroxylation sites is 1. The second-order valence-electron chi connectivity index (χ2n) is 8.39. The van der Waals surface area contributed by atoms with E-state index in [9.17, 15) is 19.2 Å². The Hall–Kier alpha value is -3.23. The van der Waals surface area contributed by atoms with Gasteiger partial charge in [0.05, 0.1) is 24.4 Å². The lowest BCUT2D eigenvalue weighted by Crippen LogP contribution is -2.44. The topological polar surface area (TPSA) is 117 Å². The number of aromatic nitrogens is 2. The molecule has 32 heavy (non-hydrogen) atoms. The number of fused-ring (bicyclic) bond motifs is 1. The Morgan fingerprint density at radius 2 is 1.94 bits per heavy atom. The number of carbonyl (C=O) groups is 3. The highest BCUT2D eigenvalue weighted by molar-refractivity contribution is 5.86. The quantitative estimate of drug-likeness (QED) is 0.558. The molecule has 0 radical (unpaired) electrons. The molecule has 1 atom stereocenters. The molecule has 1 aliphatic rings. The van der Waals surface area contributed by atoms with Crippen molar-refractivity contribution in [2.45, 2.75) is 58.0 Å². The lowest BCUT2D eigenvalue weighted by molar-refractivity contribution is -0.150. The van der Waals surface area contributed by atoms with Gasteiger partial charge in [-0.25, -0.2) is 9.78 Å². The molecule has 1 fully saturated rings. The summed E-state index contributed by atoms with van der Waals surface area (Å²) in [5.41, 5.74) is 0.496. The van der Waals surface area contributed by atoms with Crippen LogP contribution in [0.25, 0.3) is 10.9 Å². The third-order valence-electron chi connectivity index (χ3n) is 5.24. The molecule has 1 aliphatic carbocycles. The molecule has 9 nitrogen and oxygen atoms in total. The zero-order valence-corrected chi connectivity index (χ0v) is 18.6. The van der Waals surface area contributed by atoms with Gasteiger partial charge in [0.15, 0.2) is 6.61 Å². The minimum absolute atomic E-state index is 0.0167. The summed E-state index contributed by atoms with van der Waals surface area (Å²) in [4.78, 5) is 53.6. The molecular weight excluding hydrogens is 414 g/mol. The third kappa shape index (κ3) is 5.93. The summed E-state index contributed by atoms with van der Waals surface area (Å²) >= 11 is 0. The highest BCUT2D eigenvalue weighted by Gasteiger charge is 2.28. The van der Waals surface area contributed by atoms with E-state index in [2.05, 4.69) is 10.3 Å². The fraction of sp³-hybridized carbons (Fsp3) is 0.522. The number of hydrogen-bond acceptors (Lipinski definition) is 7. The summed E-state index contributed by atoms with van der Waals surface area (Å²) in [5, 5.41) is 3.10. The average Bonchev–Trinajstić information content (AvgIpc) is 3.60. The first-order valence-corrected chi connectivity index (χ1v) is 10.8. The number of rotatable bonds is 10. The Morgan fingerprint density at radius 3 is 2.59 bits per heavy atom. The Balaban J connectivity index is 1.58. The van der Waals surface area contributed by atoms with Crippen molar-refractivity contribution in [1.29, 1.82) is 0 Å². The van der Waals surface area contributed by atoms with Gasteiger partial charge < -0.3 is 14.8 Å². The molecule has 1 saturated carbocycles. The molecule has 1 N–H and O–H groups in total. The molecule has 1 heterocycles. The van der Waals surface area contributed by atoms with Crippen LogP contribution in [-0.4, -0.2) is 47.2 Å². The monoisotopic (exact) mass is 443 g/mol. The number of carbonyl (C=O) groups excluding carboxylic acids is 3. The molecule has 2 aromatic rings. The van der Waals surface area contributed by atoms with E-state index < -0.39 is 30.5 Å². The number of benzene rings is 1. The molecule has 0 saturated heterocycles. The highest BCUT2D eigenvalue weighted by atomic mass is 16.5. The number of hydrogen-bond donors (Lipinski definition) is 1. The van der Waals surface area contributed by atoms with Crippen molar-refractivity contribution in [3.63, 3.8) is 0 Å². The Labute approximate surface area is 186 Å². The van der Waals surface area contributed by atoms with E-state index in [0.717, 1.165) is 12.8 Å². The molecule has 1 amide bonds. The summed E-state index contributed by atoms with van der Waals surface area (Å²) in [6.07, 6.45) is 2.45. The van der Waals surface area contributed by atoms with Gasteiger partial charge in [-0.15, -0.1) is 0 Å². The fourth-order valence-corrected chi connectivity index (χ4v) is 3.57. The van der Waals surface area contributed by atoms with Gasteiger partial charge in [0.25, 0.3) is 11.5 Å². The van der Waals surface area contributed by atoms with Gasteiger partial charge in [-0.2, -0.15) is 0 Å². The van der Waals surface area contributed by atoms with Crippen LogP contribution in [0.5, 0.6) is 0 Å². The van der Waals surface area contributed by atoms with Gasteiger partial charge in [-0.05, 0) is 37.3 Å². The number of amides is 1. The number of nitrogens with zero attached hydrogens (tertiary/aromatic N) is 2. The van der Waals surface area contributed by atoms with Crippen LogP contribution in [0.4, 0.5) is 0 Å². The Kier molecular flexibility index (Phi) is 7.61. The predicted octanol–water partition coefficient (Wildman–Crippen LogP) is 1.91. The minimum Gasteiger partial charge on any atom is -0.467 e. The van der Waals surface area contributed by atoms with E-state index in [4.69, 9.17) is 9.47 Å². The fourth-order valence-electron chi connectivity index (χ4n) is 3.57. The normalized spacial score (nSPS) is 14.2. The number of ether oxygens (including phenoxy) is 2. The predicted molar refractivity (Wildman–Crippen MR) is 117 cm³/mol. The van der Waals surface area contributed by atoms with Gasteiger partial charge >= 0.3 is 11.9 Å². The van der Waals surface area contributed by atoms with Crippen LogP contribution < -0.4 is 10.9 Å². The zero-order valence-electron chi connectivity index (χ0n) is 18.6. The van der Waals surface area contributed by atoms with Gasteiger partial charge in [0, 0.05) is 12.5 Å². The van der Waals surface area contributed by atoms with E-state index in [1.165, 1.54) is 7.11 Å². The van der Waals surface area contributed by atoms with Crippen molar-refractivity contribution < 1.29 is 23.9 Å². The second-order valence-corrected chi connectivity index (χ2v) is 8.39.